The lowest BCUT2D eigenvalue weighted by Gasteiger charge is -2.38. The molecule has 2 fully saturated rings. The van der Waals surface area contributed by atoms with E-state index in [0.717, 1.165) is 12.1 Å². The second-order valence-electron chi connectivity index (χ2n) is 13.5. The average Bonchev–Trinajstić information content (AvgIpc) is 3.16. The lowest BCUT2D eigenvalue weighted by atomic mass is 9.72. The number of hydrogen-bond acceptors (Lipinski definition) is 11. The maximum absolute atomic E-state index is 14.7. The zero-order valence-corrected chi connectivity index (χ0v) is 30.3. The predicted molar refractivity (Wildman–Crippen MR) is 193 cm³/mol. The number of carboxylic acids is 1. The first-order valence-corrected chi connectivity index (χ1v) is 17.8. The number of aromatic carboxylic acids is 1. The summed E-state index contributed by atoms with van der Waals surface area (Å²) < 4.78 is 34.2. The number of rotatable bonds is 8. The molecule has 1 unspecified atom stereocenters. The number of nitrogens with one attached hydrogen (secondary N) is 3. The van der Waals surface area contributed by atoms with Crippen molar-refractivity contribution >= 4 is 60.2 Å². The highest BCUT2D eigenvalue weighted by Crippen LogP contribution is 2.41. The van der Waals surface area contributed by atoms with E-state index in [1.165, 1.54) is 17.0 Å². The molecule has 2 atom stereocenters. The summed E-state index contributed by atoms with van der Waals surface area (Å²) in [6, 6.07) is 4.87. The molecule has 0 aromatic heterocycles. The summed E-state index contributed by atoms with van der Waals surface area (Å²) in [6.07, 6.45) is 0.660. The van der Waals surface area contributed by atoms with Gasteiger partial charge in [-0.1, -0.05) is 23.7 Å². The van der Waals surface area contributed by atoms with E-state index in [1.807, 2.05) is 0 Å². The van der Waals surface area contributed by atoms with Gasteiger partial charge in [0, 0.05) is 50.0 Å². The van der Waals surface area contributed by atoms with Gasteiger partial charge in [-0.3, -0.25) is 19.3 Å². The molecule has 3 aliphatic rings. The molecule has 0 radical (unpaired) electrons. The molecule has 0 bridgehead atoms. The zero-order valence-electron chi connectivity index (χ0n) is 29.6. The van der Waals surface area contributed by atoms with Gasteiger partial charge in [-0.2, -0.15) is 0 Å². The Balaban J connectivity index is 1.12. The molecule has 6 rings (SSSR count). The standard InChI is InChI=1S/C35H34BClF2N6O12/c37-25-20(14-22(39)27(47)28(25)48)26(30(49)41-23-12-17-4-5-21(38)24(33(52)53)29(17)57-36(23)56)42-35(55)45-11-10-44(31(50)32(45)51)15-16-6-8-43(9-7-16)34(54)40-18-2-1-3-19(46)13-18/h1-5,13-14,16,23,26,46-48,56H,6-12,15H2,(H,40,54)(H,41,49)(H,42,55)(H,52,53)/t23-,26?/m0/s1. The molecular formula is C35H34BClF2N6O12. The summed E-state index contributed by atoms with van der Waals surface area (Å²) in [5.41, 5.74) is -0.993. The minimum absolute atomic E-state index is 0.00983. The minimum Gasteiger partial charge on any atom is -0.534 e. The summed E-state index contributed by atoms with van der Waals surface area (Å²) in [5, 5.41) is 56.3. The van der Waals surface area contributed by atoms with Gasteiger partial charge >= 0.3 is 37.0 Å². The number of aromatic hydroxyl groups is 3. The van der Waals surface area contributed by atoms with Crippen LogP contribution in [0.2, 0.25) is 5.02 Å². The molecule has 300 valence electrons. The van der Waals surface area contributed by atoms with Crippen LogP contribution in [0.15, 0.2) is 42.5 Å². The van der Waals surface area contributed by atoms with E-state index < -0.39 is 93.9 Å². The lowest BCUT2D eigenvalue weighted by Crippen LogP contribution is -2.60. The van der Waals surface area contributed by atoms with Crippen molar-refractivity contribution in [3.05, 3.63) is 75.8 Å². The van der Waals surface area contributed by atoms with Crippen molar-refractivity contribution in [1.29, 1.82) is 0 Å². The third-order valence-corrected chi connectivity index (χ3v) is 10.2. The molecule has 3 aromatic carbocycles. The number of phenols is 3. The van der Waals surface area contributed by atoms with Crippen molar-refractivity contribution in [2.75, 3.05) is 38.0 Å². The van der Waals surface area contributed by atoms with Crippen molar-refractivity contribution in [1.82, 2.24) is 25.3 Å². The number of carboxylic acid groups (broad SMARTS) is 1. The van der Waals surface area contributed by atoms with Crippen molar-refractivity contribution in [2.45, 2.75) is 31.2 Å². The number of hydrogen-bond donors (Lipinski definition) is 8. The van der Waals surface area contributed by atoms with Gasteiger partial charge in [0.2, 0.25) is 5.91 Å². The Morgan fingerprint density at radius 1 is 0.930 bits per heavy atom. The molecule has 2 saturated heterocycles. The van der Waals surface area contributed by atoms with Gasteiger partial charge < -0.3 is 55.9 Å². The summed E-state index contributed by atoms with van der Waals surface area (Å²) in [5.74, 6) is -12.3. The molecule has 3 aromatic rings. The maximum atomic E-state index is 14.7. The first-order chi connectivity index (χ1) is 27.0. The molecule has 0 saturated carbocycles. The van der Waals surface area contributed by atoms with Crippen molar-refractivity contribution in [3.63, 3.8) is 0 Å². The first-order valence-electron chi connectivity index (χ1n) is 17.4. The number of amides is 7. The van der Waals surface area contributed by atoms with Crippen LogP contribution in [0, 0.1) is 17.6 Å². The smallest absolute Gasteiger partial charge is 0.534 e. The second-order valence-corrected chi connectivity index (χ2v) is 13.9. The zero-order chi connectivity index (χ0) is 41.3. The quantitative estimate of drug-likeness (QED) is 0.0923. The van der Waals surface area contributed by atoms with Gasteiger partial charge in [0.25, 0.3) is 0 Å². The highest BCUT2D eigenvalue weighted by molar-refractivity contribution is 6.47. The number of fused-ring (bicyclic) bond motifs is 1. The Morgan fingerprint density at radius 3 is 2.33 bits per heavy atom. The van der Waals surface area contributed by atoms with Crippen LogP contribution >= 0.6 is 11.6 Å². The number of carbonyl (C=O) groups is 6. The predicted octanol–water partition coefficient (Wildman–Crippen LogP) is 1.94. The third-order valence-electron chi connectivity index (χ3n) is 9.82. The molecule has 3 heterocycles. The van der Waals surface area contributed by atoms with E-state index in [-0.39, 0.29) is 49.3 Å². The molecule has 7 amide bonds. The number of anilines is 1. The second kappa shape index (κ2) is 16.4. The van der Waals surface area contributed by atoms with Crippen LogP contribution < -0.4 is 20.6 Å². The van der Waals surface area contributed by atoms with Gasteiger partial charge in [-0.15, -0.1) is 0 Å². The molecule has 0 spiro atoms. The Kier molecular flexibility index (Phi) is 11.6. The van der Waals surface area contributed by atoms with Crippen LogP contribution in [0.25, 0.3) is 0 Å². The fourth-order valence-electron chi connectivity index (χ4n) is 6.80. The number of urea groups is 2. The average molecular weight is 815 g/mol. The molecule has 8 N–H and O–H groups in total. The Bertz CT molecular complexity index is 2160. The van der Waals surface area contributed by atoms with E-state index in [4.69, 9.17) is 16.3 Å². The van der Waals surface area contributed by atoms with Gasteiger partial charge in [-0.25, -0.2) is 23.2 Å². The largest absolute Gasteiger partial charge is 0.547 e. The van der Waals surface area contributed by atoms with E-state index >= 15 is 0 Å². The number of nitrogens with zero attached hydrogens (tertiary/aromatic N) is 3. The van der Waals surface area contributed by atoms with Crippen LogP contribution in [0.3, 0.4) is 0 Å². The highest BCUT2D eigenvalue weighted by Gasteiger charge is 2.43. The number of piperidine rings is 1. The highest BCUT2D eigenvalue weighted by atomic mass is 35.5. The molecular weight excluding hydrogens is 781 g/mol. The fourth-order valence-corrected chi connectivity index (χ4v) is 7.06. The number of phenolic OH excluding ortho intramolecular Hbond substituents is 3. The van der Waals surface area contributed by atoms with Crippen LogP contribution in [0.5, 0.6) is 23.0 Å². The van der Waals surface area contributed by atoms with Crippen LogP contribution in [0.1, 0.15) is 40.4 Å². The fraction of sp³-hybridized carbons (Fsp3) is 0.314. The molecule has 3 aliphatic heterocycles. The topological polar surface area (TPSA) is 259 Å². The SMILES string of the molecule is O=C(O)c1c(F)ccc2c1OB(O)[C@@H](NC(=O)C(NC(=O)N1CCN(CC3CCN(C(=O)Nc4cccc(O)c4)CC3)C(=O)C1=O)c1cc(F)c(O)c(O)c1Cl)C2. The summed E-state index contributed by atoms with van der Waals surface area (Å²) >= 11 is 6.16. The maximum Gasteiger partial charge on any atom is 0.547 e. The lowest BCUT2D eigenvalue weighted by molar-refractivity contribution is -0.154. The minimum atomic E-state index is -2.06. The number of carbonyl (C=O) groups excluding carboxylic acids is 5. The number of imide groups is 1. The summed E-state index contributed by atoms with van der Waals surface area (Å²) in [6.45, 7) is 0.388. The van der Waals surface area contributed by atoms with Crippen molar-refractivity contribution < 1.29 is 67.7 Å². The van der Waals surface area contributed by atoms with E-state index in [9.17, 15) is 63.0 Å². The summed E-state index contributed by atoms with van der Waals surface area (Å²) in [7, 11) is -1.97. The molecule has 0 aliphatic carbocycles. The number of benzene rings is 3. The van der Waals surface area contributed by atoms with Gasteiger partial charge in [0.1, 0.15) is 28.9 Å². The van der Waals surface area contributed by atoms with Crippen LogP contribution in [-0.2, 0) is 20.8 Å². The number of likely N-dealkylation sites (tertiary alicyclic amines) is 1. The van der Waals surface area contributed by atoms with Crippen LogP contribution in [0.4, 0.5) is 24.1 Å². The summed E-state index contributed by atoms with van der Waals surface area (Å²) in [4.78, 5) is 81.5. The Hall–Kier alpha value is -6.35. The molecule has 22 heteroatoms. The number of halogens is 3. The van der Waals surface area contributed by atoms with E-state index in [1.54, 1.807) is 17.0 Å². The monoisotopic (exact) mass is 814 g/mol. The van der Waals surface area contributed by atoms with Gasteiger partial charge in [0.15, 0.2) is 17.3 Å². The first kappa shape index (κ1) is 40.3. The third kappa shape index (κ3) is 8.43. The number of piperazine rings is 1. The van der Waals surface area contributed by atoms with Gasteiger partial charge in [0.05, 0.1) is 11.0 Å². The van der Waals surface area contributed by atoms with Crippen LogP contribution in [-0.4, -0.2) is 122 Å². The Morgan fingerprint density at radius 2 is 1.65 bits per heavy atom. The van der Waals surface area contributed by atoms with E-state index in [0.29, 0.717) is 42.6 Å². The Labute approximate surface area is 326 Å². The van der Waals surface area contributed by atoms with Crippen molar-refractivity contribution in [2.24, 2.45) is 5.92 Å². The van der Waals surface area contributed by atoms with E-state index in [2.05, 4.69) is 16.0 Å². The van der Waals surface area contributed by atoms with Crippen molar-refractivity contribution in [3.8, 4) is 23.0 Å². The molecule has 18 nitrogen and oxygen atoms in total. The molecule has 57 heavy (non-hydrogen) atoms. The van der Waals surface area contributed by atoms with Gasteiger partial charge in [-0.05, 0) is 55.0 Å². The normalized spacial score (nSPS) is 17.7.